The number of hydrogen-bond donors (Lipinski definition) is 3. The molecule has 1 aromatic carbocycles. The zero-order valence-electron chi connectivity index (χ0n) is 18.8. The second-order valence-electron chi connectivity index (χ2n) is 9.32. The third-order valence-electron chi connectivity index (χ3n) is 7.15. The largest absolute Gasteiger partial charge is 0.364 e. The molecule has 0 radical (unpaired) electrons. The fraction of sp³-hybridized carbons (Fsp3) is 0.458. The molecule has 0 unspecified atom stereocenters. The second kappa shape index (κ2) is 8.74. The molecular weight excluding hydrogens is 458 g/mol. The van der Waals surface area contributed by atoms with Gasteiger partial charge in [0.1, 0.15) is 5.69 Å². The molecule has 7 nitrogen and oxygen atoms in total. The number of nitrogens with zero attached hydrogens (tertiary/aromatic N) is 2. The Kier molecular flexibility index (Phi) is 5.93. The summed E-state index contributed by atoms with van der Waals surface area (Å²) >= 11 is 7.78. The van der Waals surface area contributed by atoms with Crippen LogP contribution in [0, 0.1) is 5.92 Å². The van der Waals surface area contributed by atoms with Crippen LogP contribution in [0.25, 0.3) is 10.9 Å². The zero-order chi connectivity index (χ0) is 23.3. The summed E-state index contributed by atoms with van der Waals surface area (Å²) in [4.78, 5) is 36.6. The van der Waals surface area contributed by atoms with Crippen LogP contribution in [-0.4, -0.2) is 46.3 Å². The Balaban J connectivity index is 1.41. The monoisotopic (exact) mass is 485 g/mol. The van der Waals surface area contributed by atoms with E-state index < -0.39 is 5.91 Å². The summed E-state index contributed by atoms with van der Waals surface area (Å²) in [5.41, 5.74) is 8.99. The first-order valence-corrected chi connectivity index (χ1v) is 12.6. The highest BCUT2D eigenvalue weighted by molar-refractivity contribution is 7.13. The average molecular weight is 486 g/mol. The number of halogens is 1. The second-order valence-corrected chi connectivity index (χ2v) is 10.8. The van der Waals surface area contributed by atoms with Crippen molar-refractivity contribution < 1.29 is 9.59 Å². The van der Waals surface area contributed by atoms with Crippen LogP contribution in [0.5, 0.6) is 0 Å². The lowest BCUT2D eigenvalue weighted by Gasteiger charge is -2.36. The Hall–Kier alpha value is -2.42. The van der Waals surface area contributed by atoms with Crippen molar-refractivity contribution in [3.63, 3.8) is 0 Å². The maximum absolute atomic E-state index is 13.1. The molecule has 3 aromatic rings. The van der Waals surface area contributed by atoms with Crippen molar-refractivity contribution in [2.75, 3.05) is 13.6 Å². The number of aromatic amines is 1. The lowest BCUT2D eigenvalue weighted by atomic mass is 9.72. The first-order valence-electron chi connectivity index (χ1n) is 11.4. The van der Waals surface area contributed by atoms with Crippen LogP contribution in [0.4, 0.5) is 0 Å². The standard InChI is InChI=1S/C24H28ClN5O2S/c1-12-14(20-15-10-13(25)6-7-17(15)27-21(20)22(26)31)4-3-5-16(12)28-23(32)24-29-18-8-9-30(2)11-19(18)33-24/h6-7,10,12,14,16,27H,3-5,8-9,11H2,1-2H3,(H2,26,31)(H,28,32)/t12-,14-,16+/m0/s1. The SMILES string of the molecule is C[C@H]1[C@@H](c2c(C(N)=O)[nH]c3ccc(Cl)cc23)CCC[C@H]1NC(=O)c1nc2c(s1)CN(C)CC2. The molecule has 4 N–H and O–H groups in total. The van der Waals surface area contributed by atoms with Crippen LogP contribution < -0.4 is 11.1 Å². The predicted molar refractivity (Wildman–Crippen MR) is 131 cm³/mol. The molecule has 1 fully saturated rings. The van der Waals surface area contributed by atoms with Gasteiger partial charge in [0.2, 0.25) is 0 Å². The van der Waals surface area contributed by atoms with Gasteiger partial charge in [-0.25, -0.2) is 4.98 Å². The van der Waals surface area contributed by atoms with Crippen molar-refractivity contribution in [1.29, 1.82) is 0 Å². The number of aromatic nitrogens is 2. The van der Waals surface area contributed by atoms with Crippen LogP contribution in [0.15, 0.2) is 18.2 Å². The highest BCUT2D eigenvalue weighted by atomic mass is 35.5. The van der Waals surface area contributed by atoms with Gasteiger partial charge in [0, 0.05) is 46.4 Å². The summed E-state index contributed by atoms with van der Waals surface area (Å²) in [6, 6.07) is 5.56. The van der Waals surface area contributed by atoms with Crippen LogP contribution in [0.2, 0.25) is 5.02 Å². The molecule has 2 aromatic heterocycles. The van der Waals surface area contributed by atoms with E-state index in [0.717, 1.165) is 60.9 Å². The minimum atomic E-state index is -0.478. The van der Waals surface area contributed by atoms with Gasteiger partial charge < -0.3 is 20.9 Å². The van der Waals surface area contributed by atoms with Crippen LogP contribution in [-0.2, 0) is 13.0 Å². The number of likely N-dealkylation sites (N-methyl/N-ethyl adjacent to an activating group) is 1. The molecule has 0 saturated heterocycles. The lowest BCUT2D eigenvalue weighted by Crippen LogP contribution is -2.43. The molecule has 1 saturated carbocycles. The van der Waals surface area contributed by atoms with E-state index in [2.05, 4.69) is 34.2 Å². The number of rotatable bonds is 4. The molecule has 9 heteroatoms. The number of thiazole rings is 1. The van der Waals surface area contributed by atoms with Gasteiger partial charge in [-0.2, -0.15) is 0 Å². The Labute approximate surface area is 201 Å². The number of benzene rings is 1. The van der Waals surface area contributed by atoms with Crippen molar-refractivity contribution >= 4 is 45.7 Å². The van der Waals surface area contributed by atoms with Gasteiger partial charge >= 0.3 is 0 Å². The summed E-state index contributed by atoms with van der Waals surface area (Å²) in [7, 11) is 2.09. The van der Waals surface area contributed by atoms with E-state index in [1.54, 1.807) is 6.07 Å². The van der Waals surface area contributed by atoms with Gasteiger partial charge in [-0.15, -0.1) is 11.3 Å². The number of nitrogens with one attached hydrogen (secondary N) is 2. The zero-order valence-corrected chi connectivity index (χ0v) is 20.4. The maximum atomic E-state index is 13.1. The summed E-state index contributed by atoms with van der Waals surface area (Å²) in [6.07, 6.45) is 3.65. The van der Waals surface area contributed by atoms with Crippen molar-refractivity contribution in [3.8, 4) is 0 Å². The lowest BCUT2D eigenvalue weighted by molar-refractivity contribution is 0.0899. The van der Waals surface area contributed by atoms with Crippen molar-refractivity contribution in [3.05, 3.63) is 50.1 Å². The van der Waals surface area contributed by atoms with Gasteiger partial charge in [-0.3, -0.25) is 9.59 Å². The van der Waals surface area contributed by atoms with Gasteiger partial charge in [-0.05, 0) is 55.5 Å². The van der Waals surface area contributed by atoms with Crippen LogP contribution in [0.1, 0.15) is 68.5 Å². The Morgan fingerprint density at radius 1 is 1.33 bits per heavy atom. The normalized spacial score (nSPS) is 23.4. The smallest absolute Gasteiger partial charge is 0.280 e. The van der Waals surface area contributed by atoms with E-state index >= 15 is 0 Å². The number of carbonyl (C=O) groups is 2. The van der Waals surface area contributed by atoms with E-state index in [9.17, 15) is 9.59 Å². The Bertz CT molecular complexity index is 1240. The highest BCUT2D eigenvalue weighted by Gasteiger charge is 2.36. The van der Waals surface area contributed by atoms with Crippen LogP contribution >= 0.6 is 22.9 Å². The molecule has 0 bridgehead atoms. The fourth-order valence-electron chi connectivity index (χ4n) is 5.39. The minimum Gasteiger partial charge on any atom is -0.364 e. The number of amides is 2. The highest BCUT2D eigenvalue weighted by Crippen LogP contribution is 2.43. The Morgan fingerprint density at radius 2 is 2.15 bits per heavy atom. The number of nitrogens with two attached hydrogens (primary N) is 1. The molecule has 3 atom stereocenters. The van der Waals surface area contributed by atoms with Gasteiger partial charge in [0.25, 0.3) is 11.8 Å². The third kappa shape index (κ3) is 4.16. The van der Waals surface area contributed by atoms with Gasteiger partial charge in [0.15, 0.2) is 5.01 Å². The van der Waals surface area contributed by atoms with E-state index in [4.69, 9.17) is 17.3 Å². The van der Waals surface area contributed by atoms with Gasteiger partial charge in [0.05, 0.1) is 5.69 Å². The molecule has 174 valence electrons. The van der Waals surface area contributed by atoms with Crippen molar-refractivity contribution in [1.82, 2.24) is 20.2 Å². The average Bonchev–Trinajstić information content (AvgIpc) is 3.36. The quantitative estimate of drug-likeness (QED) is 0.518. The first kappa shape index (κ1) is 22.4. The number of primary amides is 1. The molecule has 1 aliphatic heterocycles. The minimum absolute atomic E-state index is 0.00953. The topological polar surface area (TPSA) is 104 Å². The molecule has 2 amide bonds. The van der Waals surface area contributed by atoms with Crippen molar-refractivity contribution in [2.24, 2.45) is 11.7 Å². The molecule has 1 aliphatic carbocycles. The Morgan fingerprint density at radius 3 is 2.94 bits per heavy atom. The van der Waals surface area contributed by atoms with E-state index in [0.29, 0.717) is 15.7 Å². The molecular formula is C24H28ClN5O2S. The number of fused-ring (bicyclic) bond motifs is 2. The number of carbonyl (C=O) groups excluding carboxylic acids is 2. The summed E-state index contributed by atoms with van der Waals surface area (Å²) in [5, 5.41) is 5.33. The molecule has 33 heavy (non-hydrogen) atoms. The molecule has 3 heterocycles. The number of hydrogen-bond acceptors (Lipinski definition) is 5. The van der Waals surface area contributed by atoms with E-state index in [1.807, 2.05) is 12.1 Å². The predicted octanol–water partition coefficient (Wildman–Crippen LogP) is 4.07. The summed E-state index contributed by atoms with van der Waals surface area (Å²) < 4.78 is 0. The summed E-state index contributed by atoms with van der Waals surface area (Å²) in [5.74, 6) is -0.378. The maximum Gasteiger partial charge on any atom is 0.280 e. The number of H-pyrrole nitrogens is 1. The van der Waals surface area contributed by atoms with Crippen LogP contribution in [0.3, 0.4) is 0 Å². The molecule has 5 rings (SSSR count). The molecule has 2 aliphatic rings. The fourth-order valence-corrected chi connectivity index (χ4v) is 6.65. The van der Waals surface area contributed by atoms with Crippen molar-refractivity contribution in [2.45, 2.75) is 51.1 Å². The molecule has 0 spiro atoms. The summed E-state index contributed by atoms with van der Waals surface area (Å²) in [6.45, 7) is 3.96. The first-order chi connectivity index (χ1) is 15.8. The van der Waals surface area contributed by atoms with E-state index in [-0.39, 0.29) is 23.8 Å². The third-order valence-corrected chi connectivity index (χ3v) is 8.47. The van der Waals surface area contributed by atoms with Gasteiger partial charge in [-0.1, -0.05) is 24.9 Å². The van der Waals surface area contributed by atoms with E-state index in [1.165, 1.54) is 16.2 Å².